The number of rotatable bonds is 5. The van der Waals surface area contributed by atoms with Gasteiger partial charge in [-0.1, -0.05) is 25.3 Å². The molecule has 0 atom stereocenters. The molecule has 1 saturated carbocycles. The molecule has 5 nitrogen and oxygen atoms in total. The zero-order chi connectivity index (χ0) is 18.7. The van der Waals surface area contributed by atoms with E-state index in [0.29, 0.717) is 18.3 Å². The van der Waals surface area contributed by atoms with Gasteiger partial charge < -0.3 is 19.7 Å². The first-order valence-electron chi connectivity index (χ1n) is 9.33. The molecule has 5 heteroatoms. The first-order valence-corrected chi connectivity index (χ1v) is 9.33. The fraction of sp³-hybridized carbons (Fsp3) is 0.476. The van der Waals surface area contributed by atoms with Gasteiger partial charge in [-0.25, -0.2) is 0 Å². The fourth-order valence-corrected chi connectivity index (χ4v) is 4.02. The third-order valence-corrected chi connectivity index (χ3v) is 5.37. The van der Waals surface area contributed by atoms with Crippen LogP contribution in [0, 0.1) is 13.8 Å². The largest absolute Gasteiger partial charge is 0.504 e. The summed E-state index contributed by atoms with van der Waals surface area (Å²) in [5.74, 6) is 0.443. The molecule has 1 aromatic carbocycles. The van der Waals surface area contributed by atoms with Crippen molar-refractivity contribution in [2.45, 2.75) is 58.5 Å². The molecule has 0 saturated heterocycles. The quantitative estimate of drug-likeness (QED) is 0.841. The Kier molecular flexibility index (Phi) is 5.55. The molecule has 140 valence electrons. The Morgan fingerprint density at radius 2 is 1.96 bits per heavy atom. The van der Waals surface area contributed by atoms with Crippen LogP contribution < -0.4 is 10.1 Å². The summed E-state index contributed by atoms with van der Waals surface area (Å²) in [5.41, 5.74) is 3.84. The molecule has 1 aromatic heterocycles. The van der Waals surface area contributed by atoms with Gasteiger partial charge in [0, 0.05) is 24.0 Å². The van der Waals surface area contributed by atoms with Crippen LogP contribution in [0.25, 0.3) is 0 Å². The molecular formula is C21H28N2O3. The van der Waals surface area contributed by atoms with E-state index in [2.05, 4.69) is 16.8 Å². The van der Waals surface area contributed by atoms with Gasteiger partial charge in [0.05, 0.1) is 12.7 Å². The fourth-order valence-electron chi connectivity index (χ4n) is 4.02. The highest BCUT2D eigenvalue weighted by Gasteiger charge is 2.22. The van der Waals surface area contributed by atoms with Crippen LogP contribution in [0.15, 0.2) is 24.3 Å². The van der Waals surface area contributed by atoms with Gasteiger partial charge in [-0.2, -0.15) is 0 Å². The third-order valence-electron chi connectivity index (χ3n) is 5.37. The topological polar surface area (TPSA) is 63.5 Å². The number of hydrogen-bond donors (Lipinski definition) is 2. The van der Waals surface area contributed by atoms with Crippen LogP contribution in [0.1, 0.15) is 65.5 Å². The smallest absolute Gasteiger partial charge is 0.253 e. The number of nitrogens with one attached hydrogen (secondary N) is 1. The molecule has 26 heavy (non-hydrogen) atoms. The number of methoxy groups -OCH3 is 1. The number of aromatic nitrogens is 1. The van der Waals surface area contributed by atoms with E-state index in [1.807, 2.05) is 13.0 Å². The monoisotopic (exact) mass is 356 g/mol. The van der Waals surface area contributed by atoms with Crippen molar-refractivity contribution in [3.63, 3.8) is 0 Å². The molecule has 3 rings (SSSR count). The lowest BCUT2D eigenvalue weighted by molar-refractivity contribution is 0.0950. The number of phenolic OH excluding ortho intramolecular Hbond substituents is 1. The second kappa shape index (κ2) is 7.85. The van der Waals surface area contributed by atoms with Crippen LogP contribution in [0.2, 0.25) is 0 Å². The van der Waals surface area contributed by atoms with E-state index in [4.69, 9.17) is 4.74 Å². The van der Waals surface area contributed by atoms with E-state index in [9.17, 15) is 9.90 Å². The summed E-state index contributed by atoms with van der Waals surface area (Å²) in [5, 5.41) is 12.6. The number of benzene rings is 1. The number of aromatic hydroxyl groups is 1. The van der Waals surface area contributed by atoms with Gasteiger partial charge >= 0.3 is 0 Å². The van der Waals surface area contributed by atoms with Crippen molar-refractivity contribution in [1.29, 1.82) is 0 Å². The summed E-state index contributed by atoms with van der Waals surface area (Å²) in [7, 11) is 1.51. The Balaban J connectivity index is 1.72. The van der Waals surface area contributed by atoms with Gasteiger partial charge in [0.15, 0.2) is 11.5 Å². The zero-order valence-electron chi connectivity index (χ0n) is 15.8. The summed E-state index contributed by atoms with van der Waals surface area (Å²) in [6, 6.07) is 7.61. The Morgan fingerprint density at radius 1 is 1.23 bits per heavy atom. The average Bonchev–Trinajstić information content (AvgIpc) is 2.95. The number of aryl methyl sites for hydroxylation is 1. The minimum atomic E-state index is -0.0628. The van der Waals surface area contributed by atoms with Crippen molar-refractivity contribution >= 4 is 5.91 Å². The SMILES string of the molecule is COc1cc(CNC(=O)c2cc(C)n(C3CCCCC3)c2C)ccc1O. The van der Waals surface area contributed by atoms with Crippen LogP contribution in [-0.4, -0.2) is 22.7 Å². The summed E-state index contributed by atoms with van der Waals surface area (Å²) in [4.78, 5) is 12.7. The van der Waals surface area contributed by atoms with Gasteiger partial charge in [-0.05, 0) is 50.5 Å². The average molecular weight is 356 g/mol. The van der Waals surface area contributed by atoms with Crippen molar-refractivity contribution < 1.29 is 14.6 Å². The Morgan fingerprint density at radius 3 is 2.65 bits per heavy atom. The lowest BCUT2D eigenvalue weighted by Gasteiger charge is -2.26. The van der Waals surface area contributed by atoms with Crippen LogP contribution in [0.5, 0.6) is 11.5 Å². The van der Waals surface area contributed by atoms with Gasteiger partial charge in [-0.15, -0.1) is 0 Å². The summed E-state index contributed by atoms with van der Waals surface area (Å²) in [6.07, 6.45) is 6.26. The molecule has 1 fully saturated rings. The third kappa shape index (κ3) is 3.71. The van der Waals surface area contributed by atoms with Crippen molar-refractivity contribution in [2.75, 3.05) is 7.11 Å². The minimum absolute atomic E-state index is 0.0628. The maximum absolute atomic E-state index is 12.7. The summed E-state index contributed by atoms with van der Waals surface area (Å²) >= 11 is 0. The molecule has 1 aliphatic rings. The van der Waals surface area contributed by atoms with Gasteiger partial charge in [0.1, 0.15) is 0 Å². The molecule has 1 amide bonds. The highest BCUT2D eigenvalue weighted by molar-refractivity contribution is 5.95. The number of carbonyl (C=O) groups is 1. The molecule has 0 aliphatic heterocycles. The van der Waals surface area contributed by atoms with Crippen LogP contribution >= 0.6 is 0 Å². The van der Waals surface area contributed by atoms with Crippen LogP contribution in [-0.2, 0) is 6.54 Å². The number of phenols is 1. The van der Waals surface area contributed by atoms with Gasteiger partial charge in [-0.3, -0.25) is 4.79 Å². The standard InChI is InChI=1S/C21H28N2O3/c1-14-11-18(15(2)23(14)17-7-5-4-6-8-17)21(25)22-13-16-9-10-19(24)20(12-16)26-3/h9-12,17,24H,4-8,13H2,1-3H3,(H,22,25). The van der Waals surface area contributed by atoms with Gasteiger partial charge in [0.25, 0.3) is 5.91 Å². The summed E-state index contributed by atoms with van der Waals surface area (Å²) < 4.78 is 7.46. The molecular weight excluding hydrogens is 328 g/mol. The van der Waals surface area contributed by atoms with E-state index in [-0.39, 0.29) is 11.7 Å². The van der Waals surface area contributed by atoms with Crippen LogP contribution in [0.3, 0.4) is 0 Å². The molecule has 0 radical (unpaired) electrons. The van der Waals surface area contributed by atoms with Crippen molar-refractivity contribution in [1.82, 2.24) is 9.88 Å². The Labute approximate surface area is 155 Å². The van der Waals surface area contributed by atoms with E-state index < -0.39 is 0 Å². The maximum atomic E-state index is 12.7. The van der Waals surface area contributed by atoms with E-state index in [1.165, 1.54) is 39.2 Å². The van der Waals surface area contributed by atoms with E-state index >= 15 is 0 Å². The zero-order valence-corrected chi connectivity index (χ0v) is 15.8. The lowest BCUT2D eigenvalue weighted by atomic mass is 9.95. The predicted molar refractivity (Wildman–Crippen MR) is 102 cm³/mol. The Bertz CT molecular complexity index is 789. The molecule has 2 aromatic rings. The normalized spacial score (nSPS) is 15.0. The Hall–Kier alpha value is -2.43. The molecule has 0 spiro atoms. The van der Waals surface area contributed by atoms with E-state index in [1.54, 1.807) is 18.2 Å². The number of nitrogens with zero attached hydrogens (tertiary/aromatic N) is 1. The van der Waals surface area contributed by atoms with Crippen molar-refractivity contribution in [3.8, 4) is 11.5 Å². The molecule has 0 bridgehead atoms. The molecule has 2 N–H and O–H groups in total. The second-order valence-electron chi connectivity index (χ2n) is 7.14. The first-order chi connectivity index (χ1) is 12.5. The van der Waals surface area contributed by atoms with Crippen molar-refractivity contribution in [3.05, 3.63) is 46.8 Å². The second-order valence-corrected chi connectivity index (χ2v) is 7.14. The van der Waals surface area contributed by atoms with Crippen LogP contribution in [0.4, 0.5) is 0 Å². The predicted octanol–water partition coefficient (Wildman–Crippen LogP) is 4.25. The van der Waals surface area contributed by atoms with E-state index in [0.717, 1.165) is 22.5 Å². The maximum Gasteiger partial charge on any atom is 0.253 e. The highest BCUT2D eigenvalue weighted by atomic mass is 16.5. The molecule has 1 aliphatic carbocycles. The van der Waals surface area contributed by atoms with Crippen molar-refractivity contribution in [2.24, 2.45) is 0 Å². The molecule has 0 unspecified atom stereocenters. The first kappa shape index (κ1) is 18.4. The molecule has 1 heterocycles. The minimum Gasteiger partial charge on any atom is -0.504 e. The number of hydrogen-bond acceptors (Lipinski definition) is 3. The highest BCUT2D eigenvalue weighted by Crippen LogP contribution is 2.32. The number of ether oxygens (including phenoxy) is 1. The number of amides is 1. The summed E-state index contributed by atoms with van der Waals surface area (Å²) in [6.45, 7) is 4.52. The van der Waals surface area contributed by atoms with Gasteiger partial charge in [0.2, 0.25) is 0 Å². The lowest BCUT2D eigenvalue weighted by Crippen LogP contribution is -2.24. The number of carbonyl (C=O) groups excluding carboxylic acids is 1.